The highest BCUT2D eigenvalue weighted by Gasteiger charge is 2.11. The van der Waals surface area contributed by atoms with E-state index in [9.17, 15) is 4.79 Å². The highest BCUT2D eigenvalue weighted by atomic mass is 16.5. The molecule has 0 saturated carbocycles. The number of aromatic nitrogens is 2. The molecule has 0 spiro atoms. The van der Waals surface area contributed by atoms with E-state index in [2.05, 4.69) is 9.97 Å². The Labute approximate surface area is 127 Å². The van der Waals surface area contributed by atoms with Gasteiger partial charge in [0, 0.05) is 22.9 Å². The number of benzene rings is 2. The minimum atomic E-state index is -0.228. The number of nitrogens with zero attached hydrogens (tertiary/aromatic N) is 1. The van der Waals surface area contributed by atoms with E-state index in [4.69, 9.17) is 10.5 Å². The van der Waals surface area contributed by atoms with Crippen LogP contribution in [0.5, 0.6) is 5.75 Å². The third-order valence-corrected chi connectivity index (χ3v) is 3.29. The molecule has 0 aliphatic heterocycles. The lowest BCUT2D eigenvalue weighted by atomic mass is 10.1. The summed E-state index contributed by atoms with van der Waals surface area (Å²) in [5.74, 6) is 1.12. The fourth-order valence-corrected chi connectivity index (χ4v) is 2.25. The molecule has 0 bridgehead atoms. The molecule has 2 aromatic carbocycles. The van der Waals surface area contributed by atoms with Gasteiger partial charge in [-0.2, -0.15) is 0 Å². The number of nitrogens with one attached hydrogen (secondary N) is 1. The predicted molar refractivity (Wildman–Crippen MR) is 86.7 cm³/mol. The van der Waals surface area contributed by atoms with Crippen molar-refractivity contribution < 1.29 is 4.74 Å². The number of ether oxygens (including phenoxy) is 1. The van der Waals surface area contributed by atoms with E-state index in [1.165, 1.54) is 6.07 Å². The average molecular weight is 293 g/mol. The molecule has 3 aromatic rings. The third kappa shape index (κ3) is 2.69. The number of nitrogens with two attached hydrogens (primary N) is 1. The molecule has 3 rings (SSSR count). The van der Waals surface area contributed by atoms with Gasteiger partial charge in [0.2, 0.25) is 0 Å². The fourth-order valence-electron chi connectivity index (χ4n) is 2.25. The average Bonchev–Trinajstić information content (AvgIpc) is 2.55. The molecule has 0 unspecified atom stereocenters. The van der Waals surface area contributed by atoms with Gasteiger partial charge in [-0.25, -0.2) is 4.98 Å². The van der Waals surface area contributed by atoms with Crippen LogP contribution in [0.1, 0.15) is 0 Å². The van der Waals surface area contributed by atoms with E-state index >= 15 is 0 Å². The van der Waals surface area contributed by atoms with Gasteiger partial charge in [0.05, 0.1) is 12.8 Å². The molecule has 0 saturated heterocycles. The first-order valence-corrected chi connectivity index (χ1v) is 6.78. The van der Waals surface area contributed by atoms with E-state index in [1.807, 2.05) is 30.3 Å². The van der Waals surface area contributed by atoms with E-state index < -0.39 is 0 Å². The molecule has 5 heteroatoms. The van der Waals surface area contributed by atoms with Crippen molar-refractivity contribution >= 4 is 5.69 Å². The van der Waals surface area contributed by atoms with Gasteiger partial charge in [-0.15, -0.1) is 0 Å². The molecule has 0 aliphatic rings. The van der Waals surface area contributed by atoms with Crippen LogP contribution >= 0.6 is 0 Å². The Bertz CT molecular complexity index is 857. The summed E-state index contributed by atoms with van der Waals surface area (Å²) in [5.41, 5.74) is 8.24. The van der Waals surface area contributed by atoms with Crippen LogP contribution in [0.25, 0.3) is 22.6 Å². The van der Waals surface area contributed by atoms with Crippen LogP contribution in [0.2, 0.25) is 0 Å². The molecular formula is C17H15N3O2. The van der Waals surface area contributed by atoms with Crippen LogP contribution in [0.15, 0.2) is 59.4 Å². The molecule has 5 nitrogen and oxygen atoms in total. The van der Waals surface area contributed by atoms with Gasteiger partial charge in [0.25, 0.3) is 5.56 Å². The topological polar surface area (TPSA) is 81.0 Å². The second-order valence-electron chi connectivity index (χ2n) is 4.80. The van der Waals surface area contributed by atoms with Gasteiger partial charge < -0.3 is 15.5 Å². The lowest BCUT2D eigenvalue weighted by Crippen LogP contribution is -2.09. The number of anilines is 1. The Kier molecular flexibility index (Phi) is 3.62. The summed E-state index contributed by atoms with van der Waals surface area (Å²) in [6.07, 6.45) is 0. The zero-order valence-corrected chi connectivity index (χ0v) is 12.0. The number of hydrogen-bond acceptors (Lipinski definition) is 4. The summed E-state index contributed by atoms with van der Waals surface area (Å²) >= 11 is 0. The van der Waals surface area contributed by atoms with E-state index in [1.54, 1.807) is 25.3 Å². The summed E-state index contributed by atoms with van der Waals surface area (Å²) < 4.78 is 5.33. The number of nitrogen functional groups attached to an aromatic ring is 1. The quantitative estimate of drug-likeness (QED) is 0.727. The highest BCUT2D eigenvalue weighted by Crippen LogP contribution is 2.30. The summed E-state index contributed by atoms with van der Waals surface area (Å²) in [6.45, 7) is 0. The number of rotatable bonds is 3. The maximum absolute atomic E-state index is 12.0. The Hall–Kier alpha value is -3.08. The second-order valence-corrected chi connectivity index (χ2v) is 4.80. The van der Waals surface area contributed by atoms with Gasteiger partial charge in [0.15, 0.2) is 0 Å². The number of hydrogen-bond donors (Lipinski definition) is 2. The Morgan fingerprint density at radius 2 is 1.86 bits per heavy atom. The summed E-state index contributed by atoms with van der Waals surface area (Å²) in [6, 6.07) is 16.2. The van der Waals surface area contributed by atoms with Crippen LogP contribution < -0.4 is 16.0 Å². The largest absolute Gasteiger partial charge is 0.496 e. The monoisotopic (exact) mass is 293 g/mol. The van der Waals surface area contributed by atoms with Crippen molar-refractivity contribution in [3.8, 4) is 28.4 Å². The first-order chi connectivity index (χ1) is 10.7. The molecule has 3 N–H and O–H groups in total. The number of H-pyrrole nitrogens is 1. The molecule has 1 heterocycles. The molecule has 1 aromatic heterocycles. The number of methoxy groups -OCH3 is 1. The summed E-state index contributed by atoms with van der Waals surface area (Å²) in [5, 5.41) is 0. The van der Waals surface area contributed by atoms with Crippen molar-refractivity contribution in [2.45, 2.75) is 0 Å². The molecule has 22 heavy (non-hydrogen) atoms. The van der Waals surface area contributed by atoms with Gasteiger partial charge in [0.1, 0.15) is 11.6 Å². The summed E-state index contributed by atoms with van der Waals surface area (Å²) in [4.78, 5) is 19.3. The van der Waals surface area contributed by atoms with Crippen molar-refractivity contribution in [1.82, 2.24) is 9.97 Å². The smallest absolute Gasteiger partial charge is 0.251 e. The first kappa shape index (κ1) is 13.9. The third-order valence-electron chi connectivity index (χ3n) is 3.29. The minimum absolute atomic E-state index is 0.228. The SMILES string of the molecule is COc1ccc(N)cc1-c1cc(=O)[nH]c(-c2ccccc2)n1. The second kappa shape index (κ2) is 5.73. The normalized spacial score (nSPS) is 10.4. The van der Waals surface area contributed by atoms with Crippen molar-refractivity contribution in [3.05, 3.63) is 65.0 Å². The standard InChI is InChI=1S/C17H15N3O2/c1-22-15-8-7-12(18)9-13(15)14-10-16(21)20-17(19-14)11-5-3-2-4-6-11/h2-10H,18H2,1H3,(H,19,20,21). The lowest BCUT2D eigenvalue weighted by molar-refractivity contribution is 0.416. The molecule has 0 aliphatic carbocycles. The Morgan fingerprint density at radius 3 is 2.59 bits per heavy atom. The Balaban J connectivity index is 2.19. The molecule has 110 valence electrons. The van der Waals surface area contributed by atoms with Crippen LogP contribution in [0.3, 0.4) is 0 Å². The summed E-state index contributed by atoms with van der Waals surface area (Å²) in [7, 11) is 1.57. The zero-order chi connectivity index (χ0) is 15.5. The van der Waals surface area contributed by atoms with Crippen molar-refractivity contribution in [1.29, 1.82) is 0 Å². The van der Waals surface area contributed by atoms with E-state index in [-0.39, 0.29) is 5.56 Å². The zero-order valence-electron chi connectivity index (χ0n) is 12.0. The van der Waals surface area contributed by atoms with Gasteiger partial charge >= 0.3 is 0 Å². The van der Waals surface area contributed by atoms with Crippen LogP contribution in [0.4, 0.5) is 5.69 Å². The van der Waals surface area contributed by atoms with Gasteiger partial charge in [-0.05, 0) is 18.2 Å². The van der Waals surface area contributed by atoms with E-state index in [0.29, 0.717) is 28.5 Å². The van der Waals surface area contributed by atoms with Crippen LogP contribution in [-0.4, -0.2) is 17.1 Å². The Morgan fingerprint density at radius 1 is 1.09 bits per heavy atom. The minimum Gasteiger partial charge on any atom is -0.496 e. The fraction of sp³-hybridized carbons (Fsp3) is 0.0588. The van der Waals surface area contributed by atoms with Crippen molar-refractivity contribution in [3.63, 3.8) is 0 Å². The van der Waals surface area contributed by atoms with Crippen molar-refractivity contribution in [2.24, 2.45) is 0 Å². The predicted octanol–water partition coefficient (Wildman–Crippen LogP) is 2.69. The van der Waals surface area contributed by atoms with E-state index in [0.717, 1.165) is 5.56 Å². The van der Waals surface area contributed by atoms with Crippen LogP contribution in [-0.2, 0) is 0 Å². The number of aromatic amines is 1. The molecular weight excluding hydrogens is 278 g/mol. The van der Waals surface area contributed by atoms with Gasteiger partial charge in [-0.1, -0.05) is 30.3 Å². The van der Waals surface area contributed by atoms with Gasteiger partial charge in [-0.3, -0.25) is 4.79 Å². The molecule has 0 radical (unpaired) electrons. The maximum atomic E-state index is 12.0. The molecule has 0 atom stereocenters. The highest BCUT2D eigenvalue weighted by molar-refractivity contribution is 5.72. The van der Waals surface area contributed by atoms with Crippen molar-refractivity contribution in [2.75, 3.05) is 12.8 Å². The maximum Gasteiger partial charge on any atom is 0.251 e. The lowest BCUT2D eigenvalue weighted by Gasteiger charge is -2.10. The van der Waals surface area contributed by atoms with Crippen LogP contribution in [0, 0.1) is 0 Å². The molecule has 0 amide bonds. The first-order valence-electron chi connectivity index (χ1n) is 6.78. The molecule has 0 fully saturated rings.